The number of anilines is 2. The van der Waals surface area contributed by atoms with Crippen LogP contribution < -0.4 is 15.1 Å². The first-order valence-electron chi connectivity index (χ1n) is 9.14. The van der Waals surface area contributed by atoms with E-state index in [-0.39, 0.29) is 24.9 Å². The van der Waals surface area contributed by atoms with Crippen molar-refractivity contribution in [3.05, 3.63) is 24.3 Å². The first-order valence-corrected chi connectivity index (χ1v) is 9.14. The summed E-state index contributed by atoms with van der Waals surface area (Å²) in [4.78, 5) is 30.7. The molecule has 0 spiro atoms. The van der Waals surface area contributed by atoms with Crippen molar-refractivity contribution in [3.63, 3.8) is 0 Å². The van der Waals surface area contributed by atoms with Crippen molar-refractivity contribution < 1.29 is 9.59 Å². The van der Waals surface area contributed by atoms with Gasteiger partial charge in [-0.1, -0.05) is 19.1 Å². The molecule has 0 bridgehead atoms. The minimum Gasteiger partial charge on any atom is -0.373 e. The zero-order chi connectivity index (χ0) is 17.8. The number of hydrogen-bond acceptors (Lipinski definition) is 4. The second-order valence-electron chi connectivity index (χ2n) is 7.22. The van der Waals surface area contributed by atoms with Crippen LogP contribution in [0.25, 0.3) is 0 Å². The molecule has 6 heteroatoms. The molecule has 1 atom stereocenters. The Bertz CT molecular complexity index is 628. The Morgan fingerprint density at radius 3 is 2.52 bits per heavy atom. The third-order valence-corrected chi connectivity index (χ3v) is 4.98. The molecule has 1 N–H and O–H groups in total. The van der Waals surface area contributed by atoms with E-state index in [4.69, 9.17) is 0 Å². The van der Waals surface area contributed by atoms with Crippen LogP contribution in [-0.2, 0) is 9.59 Å². The number of fused-ring (bicyclic) bond motifs is 1. The molecular formula is C19H28N4O2. The molecule has 6 nitrogen and oxygen atoms in total. The number of nitrogens with one attached hydrogen (secondary N) is 1. The number of nitrogens with zero attached hydrogens (tertiary/aromatic N) is 3. The molecule has 1 saturated heterocycles. The number of likely N-dealkylation sites (tertiary alicyclic amines) is 1. The van der Waals surface area contributed by atoms with E-state index in [0.717, 1.165) is 50.4 Å². The van der Waals surface area contributed by atoms with Crippen LogP contribution in [0.3, 0.4) is 0 Å². The van der Waals surface area contributed by atoms with Gasteiger partial charge in [0, 0.05) is 33.2 Å². The quantitative estimate of drug-likeness (QED) is 0.895. The minimum absolute atomic E-state index is 0.0233. The lowest BCUT2D eigenvalue weighted by atomic mass is 10.1. The fraction of sp³-hybridized carbons (Fsp3) is 0.579. The van der Waals surface area contributed by atoms with Gasteiger partial charge in [-0.15, -0.1) is 0 Å². The van der Waals surface area contributed by atoms with Crippen molar-refractivity contribution in [2.75, 3.05) is 56.1 Å². The molecule has 1 aromatic rings. The van der Waals surface area contributed by atoms with E-state index in [1.165, 1.54) is 0 Å². The second-order valence-corrected chi connectivity index (χ2v) is 7.22. The van der Waals surface area contributed by atoms with Crippen LogP contribution >= 0.6 is 0 Å². The molecule has 2 aliphatic rings. The van der Waals surface area contributed by atoms with E-state index in [9.17, 15) is 9.59 Å². The number of carbonyl (C=O) groups excluding carboxylic acids is 2. The van der Waals surface area contributed by atoms with Gasteiger partial charge in [0.05, 0.1) is 24.5 Å². The Morgan fingerprint density at radius 1 is 1.12 bits per heavy atom. The fourth-order valence-electron chi connectivity index (χ4n) is 3.78. The molecule has 0 aliphatic carbocycles. The maximum Gasteiger partial charge on any atom is 0.241 e. The van der Waals surface area contributed by atoms with Crippen LogP contribution in [0.2, 0.25) is 0 Å². The van der Waals surface area contributed by atoms with E-state index in [1.807, 2.05) is 17.0 Å². The Labute approximate surface area is 149 Å². The average molecular weight is 344 g/mol. The van der Waals surface area contributed by atoms with Gasteiger partial charge in [-0.2, -0.15) is 0 Å². The number of carbonyl (C=O) groups is 2. The van der Waals surface area contributed by atoms with Gasteiger partial charge in [0.15, 0.2) is 0 Å². The topological polar surface area (TPSA) is 55.9 Å². The standard InChI is InChI=1S/C19H28N4O2/c1-15-12-21(2)16-7-3-4-8-17(16)23(13-15)14-18(24)20-11-19(25)22-9-5-6-10-22/h3-4,7-8,15H,5-6,9-14H2,1-2H3,(H,20,24)/t15-/m1/s1. The van der Waals surface area contributed by atoms with Crippen LogP contribution in [0.5, 0.6) is 0 Å². The number of benzene rings is 1. The highest BCUT2D eigenvalue weighted by atomic mass is 16.2. The predicted molar refractivity (Wildman–Crippen MR) is 99.9 cm³/mol. The van der Waals surface area contributed by atoms with Gasteiger partial charge >= 0.3 is 0 Å². The normalized spacial score (nSPS) is 20.2. The summed E-state index contributed by atoms with van der Waals surface area (Å²) in [6, 6.07) is 8.18. The summed E-state index contributed by atoms with van der Waals surface area (Å²) in [5.41, 5.74) is 2.23. The summed E-state index contributed by atoms with van der Waals surface area (Å²) < 4.78 is 0. The smallest absolute Gasteiger partial charge is 0.241 e. The predicted octanol–water partition coefficient (Wildman–Crippen LogP) is 1.32. The summed E-state index contributed by atoms with van der Waals surface area (Å²) >= 11 is 0. The maximum absolute atomic E-state index is 12.4. The van der Waals surface area contributed by atoms with Crippen molar-refractivity contribution in [1.82, 2.24) is 10.2 Å². The van der Waals surface area contributed by atoms with Crippen molar-refractivity contribution >= 4 is 23.2 Å². The van der Waals surface area contributed by atoms with Gasteiger partial charge in [0.25, 0.3) is 0 Å². The summed E-state index contributed by atoms with van der Waals surface area (Å²) in [6.07, 6.45) is 2.13. The van der Waals surface area contributed by atoms with Gasteiger partial charge < -0.3 is 20.0 Å². The number of amides is 2. The van der Waals surface area contributed by atoms with E-state index in [1.54, 1.807) is 0 Å². The molecule has 3 rings (SSSR count). The van der Waals surface area contributed by atoms with E-state index < -0.39 is 0 Å². The van der Waals surface area contributed by atoms with Crippen LogP contribution in [0.1, 0.15) is 19.8 Å². The lowest BCUT2D eigenvalue weighted by Gasteiger charge is -2.26. The summed E-state index contributed by atoms with van der Waals surface area (Å²) in [6.45, 7) is 6.00. The fourth-order valence-corrected chi connectivity index (χ4v) is 3.78. The maximum atomic E-state index is 12.4. The number of hydrogen-bond donors (Lipinski definition) is 1. The highest BCUT2D eigenvalue weighted by molar-refractivity contribution is 5.88. The Kier molecular flexibility index (Phi) is 5.46. The van der Waals surface area contributed by atoms with Crippen LogP contribution in [0, 0.1) is 5.92 Å². The molecule has 2 aliphatic heterocycles. The van der Waals surface area contributed by atoms with Crippen LogP contribution in [0.4, 0.5) is 11.4 Å². The van der Waals surface area contributed by atoms with E-state index >= 15 is 0 Å². The molecule has 136 valence electrons. The Balaban J connectivity index is 1.61. The van der Waals surface area contributed by atoms with Gasteiger partial charge in [0.2, 0.25) is 11.8 Å². The SMILES string of the molecule is C[C@@H]1CN(C)c2ccccc2N(CC(=O)NCC(=O)N2CCCC2)C1. The highest BCUT2D eigenvalue weighted by Crippen LogP contribution is 2.32. The van der Waals surface area contributed by atoms with E-state index in [2.05, 4.69) is 41.2 Å². The summed E-state index contributed by atoms with van der Waals surface area (Å²) in [7, 11) is 2.09. The van der Waals surface area contributed by atoms with Crippen molar-refractivity contribution in [2.24, 2.45) is 5.92 Å². The van der Waals surface area contributed by atoms with Crippen LogP contribution in [0.15, 0.2) is 24.3 Å². The molecule has 25 heavy (non-hydrogen) atoms. The number of rotatable bonds is 4. The lowest BCUT2D eigenvalue weighted by molar-refractivity contribution is -0.131. The van der Waals surface area contributed by atoms with E-state index in [0.29, 0.717) is 5.92 Å². The second kappa shape index (κ2) is 7.76. The highest BCUT2D eigenvalue weighted by Gasteiger charge is 2.24. The Hall–Kier alpha value is -2.24. The first-order chi connectivity index (χ1) is 12.0. The summed E-state index contributed by atoms with van der Waals surface area (Å²) in [5, 5.41) is 2.80. The molecule has 0 saturated carbocycles. The molecule has 0 unspecified atom stereocenters. The largest absolute Gasteiger partial charge is 0.373 e. The van der Waals surface area contributed by atoms with Gasteiger partial charge in [-0.3, -0.25) is 9.59 Å². The molecule has 0 radical (unpaired) electrons. The molecule has 1 fully saturated rings. The van der Waals surface area contributed by atoms with Gasteiger partial charge in [0.1, 0.15) is 0 Å². The monoisotopic (exact) mass is 344 g/mol. The van der Waals surface area contributed by atoms with Gasteiger partial charge in [-0.05, 0) is 30.9 Å². The zero-order valence-electron chi connectivity index (χ0n) is 15.2. The lowest BCUT2D eigenvalue weighted by Crippen LogP contribution is -2.43. The third-order valence-electron chi connectivity index (χ3n) is 4.98. The van der Waals surface area contributed by atoms with Crippen molar-refractivity contribution in [3.8, 4) is 0 Å². The molecule has 1 aromatic carbocycles. The van der Waals surface area contributed by atoms with Crippen molar-refractivity contribution in [1.29, 1.82) is 0 Å². The molecule has 2 heterocycles. The molecule has 2 amide bonds. The third kappa shape index (κ3) is 4.24. The molecule has 0 aromatic heterocycles. The number of para-hydroxylation sites is 2. The van der Waals surface area contributed by atoms with Gasteiger partial charge in [-0.25, -0.2) is 0 Å². The average Bonchev–Trinajstić information content (AvgIpc) is 3.10. The van der Waals surface area contributed by atoms with Crippen LogP contribution in [-0.4, -0.2) is 63.0 Å². The summed E-state index contributed by atoms with van der Waals surface area (Å²) in [5.74, 6) is 0.380. The first kappa shape index (κ1) is 17.6. The minimum atomic E-state index is -0.0981. The van der Waals surface area contributed by atoms with Crippen molar-refractivity contribution in [2.45, 2.75) is 19.8 Å². The Morgan fingerprint density at radius 2 is 1.80 bits per heavy atom. The zero-order valence-corrected chi connectivity index (χ0v) is 15.2. The molecular weight excluding hydrogens is 316 g/mol.